The van der Waals surface area contributed by atoms with Crippen LogP contribution in [0.3, 0.4) is 0 Å². The van der Waals surface area contributed by atoms with E-state index in [9.17, 15) is 14.4 Å². The van der Waals surface area contributed by atoms with E-state index in [1.165, 1.54) is 180 Å². The van der Waals surface area contributed by atoms with Crippen LogP contribution in [0.2, 0.25) is 0 Å². The Morgan fingerprint density at radius 1 is 0.356 bits per heavy atom. The van der Waals surface area contributed by atoms with Crippen molar-refractivity contribution in [1.82, 2.24) is 0 Å². The van der Waals surface area contributed by atoms with Gasteiger partial charge in [0.1, 0.15) is 13.2 Å². The molecule has 0 amide bonds. The molecule has 6 heteroatoms. The summed E-state index contributed by atoms with van der Waals surface area (Å²) in [6, 6.07) is 0. The van der Waals surface area contributed by atoms with Crippen molar-refractivity contribution in [1.29, 1.82) is 0 Å². The van der Waals surface area contributed by atoms with Gasteiger partial charge in [0, 0.05) is 19.3 Å². The fourth-order valence-corrected chi connectivity index (χ4v) is 7.96. The smallest absolute Gasteiger partial charge is 0.306 e. The van der Waals surface area contributed by atoms with Gasteiger partial charge in [-0.1, -0.05) is 253 Å². The molecular formula is C53H102O6. The zero-order chi connectivity index (χ0) is 43.3. The second-order valence-corrected chi connectivity index (χ2v) is 18.9. The third-order valence-electron chi connectivity index (χ3n) is 12.3. The van der Waals surface area contributed by atoms with Crippen LogP contribution in [0.15, 0.2) is 0 Å². The first-order valence-electron chi connectivity index (χ1n) is 26.3. The number of rotatable bonds is 47. The molecule has 0 spiro atoms. The number of unbranched alkanes of at least 4 members (excludes halogenated alkanes) is 31. The van der Waals surface area contributed by atoms with Crippen LogP contribution in [-0.2, 0) is 28.6 Å². The molecular weight excluding hydrogens is 733 g/mol. The summed E-state index contributed by atoms with van der Waals surface area (Å²) in [5.41, 5.74) is 0. The van der Waals surface area contributed by atoms with E-state index in [4.69, 9.17) is 14.2 Å². The lowest BCUT2D eigenvalue weighted by Gasteiger charge is -2.18. The van der Waals surface area contributed by atoms with Crippen LogP contribution in [0.1, 0.15) is 291 Å². The van der Waals surface area contributed by atoms with Gasteiger partial charge >= 0.3 is 17.9 Å². The van der Waals surface area contributed by atoms with E-state index >= 15 is 0 Å². The van der Waals surface area contributed by atoms with Gasteiger partial charge in [-0.05, 0) is 31.1 Å². The Hall–Kier alpha value is -1.59. The molecule has 350 valence electrons. The van der Waals surface area contributed by atoms with Crippen molar-refractivity contribution in [2.75, 3.05) is 13.2 Å². The van der Waals surface area contributed by atoms with Crippen LogP contribution >= 0.6 is 0 Å². The molecule has 0 aromatic heterocycles. The molecule has 0 aromatic rings. The molecule has 0 aromatic carbocycles. The van der Waals surface area contributed by atoms with Gasteiger partial charge in [-0.3, -0.25) is 14.4 Å². The monoisotopic (exact) mass is 835 g/mol. The Labute approximate surface area is 368 Å². The maximum absolute atomic E-state index is 12.8. The van der Waals surface area contributed by atoms with Crippen molar-refractivity contribution >= 4 is 17.9 Å². The van der Waals surface area contributed by atoms with Gasteiger partial charge in [0.05, 0.1) is 0 Å². The Kier molecular flexibility index (Phi) is 44.7. The number of carbonyl (C=O) groups is 3. The average molecular weight is 835 g/mol. The summed E-state index contributed by atoms with van der Waals surface area (Å²) >= 11 is 0. The molecule has 0 N–H and O–H groups in total. The van der Waals surface area contributed by atoms with Crippen molar-refractivity contribution in [2.24, 2.45) is 11.8 Å². The van der Waals surface area contributed by atoms with Crippen molar-refractivity contribution < 1.29 is 28.6 Å². The summed E-state index contributed by atoms with van der Waals surface area (Å²) in [6.45, 7) is 11.4. The van der Waals surface area contributed by atoms with E-state index in [1.54, 1.807) is 0 Å². The Bertz CT molecular complexity index is 902. The van der Waals surface area contributed by atoms with Crippen molar-refractivity contribution in [3.05, 3.63) is 0 Å². The fraction of sp³-hybridized carbons (Fsp3) is 0.943. The van der Waals surface area contributed by atoms with Gasteiger partial charge in [0.2, 0.25) is 0 Å². The van der Waals surface area contributed by atoms with Crippen molar-refractivity contribution in [3.8, 4) is 0 Å². The first kappa shape index (κ1) is 57.4. The van der Waals surface area contributed by atoms with Gasteiger partial charge in [-0.25, -0.2) is 0 Å². The molecule has 6 nitrogen and oxygen atoms in total. The highest BCUT2D eigenvalue weighted by molar-refractivity contribution is 5.71. The van der Waals surface area contributed by atoms with E-state index in [0.717, 1.165) is 69.6 Å². The molecule has 59 heavy (non-hydrogen) atoms. The highest BCUT2D eigenvalue weighted by Gasteiger charge is 2.19. The molecule has 0 aliphatic rings. The molecule has 0 bridgehead atoms. The van der Waals surface area contributed by atoms with Gasteiger partial charge in [-0.2, -0.15) is 0 Å². The van der Waals surface area contributed by atoms with Crippen molar-refractivity contribution in [3.63, 3.8) is 0 Å². The molecule has 0 saturated heterocycles. The lowest BCUT2D eigenvalue weighted by molar-refractivity contribution is -0.167. The highest BCUT2D eigenvalue weighted by Crippen LogP contribution is 2.18. The minimum Gasteiger partial charge on any atom is -0.462 e. The summed E-state index contributed by atoms with van der Waals surface area (Å²) < 4.78 is 16.8. The minimum absolute atomic E-state index is 0.0639. The van der Waals surface area contributed by atoms with Crippen LogP contribution in [0.25, 0.3) is 0 Å². The number of ether oxygens (including phenoxy) is 3. The largest absolute Gasteiger partial charge is 0.462 e. The summed E-state index contributed by atoms with van der Waals surface area (Å²) in [6.07, 6.45) is 46.5. The maximum atomic E-state index is 12.8. The summed E-state index contributed by atoms with van der Waals surface area (Å²) in [5, 5.41) is 0. The number of hydrogen-bond donors (Lipinski definition) is 0. The second-order valence-electron chi connectivity index (χ2n) is 18.9. The van der Waals surface area contributed by atoms with E-state index in [-0.39, 0.29) is 31.1 Å². The molecule has 0 heterocycles. The zero-order valence-electron chi connectivity index (χ0n) is 40.4. The summed E-state index contributed by atoms with van der Waals surface area (Å²) in [5.74, 6) is 0.823. The first-order chi connectivity index (χ1) is 28.8. The van der Waals surface area contributed by atoms with Gasteiger partial charge in [0.25, 0.3) is 0 Å². The quantitative estimate of drug-likeness (QED) is 0.0345. The van der Waals surface area contributed by atoms with Gasteiger partial charge in [-0.15, -0.1) is 0 Å². The molecule has 0 fully saturated rings. The van der Waals surface area contributed by atoms with E-state index in [0.29, 0.717) is 19.3 Å². The standard InChI is InChI=1S/C53H102O6/c1-6-8-9-10-11-12-13-14-15-16-19-22-28-33-38-43-51(54)57-46-50(59-53(56)45-40-35-30-25-24-27-32-37-42-49(5)7-2)47-58-52(55)44-39-34-29-23-20-17-18-21-26-31-36-41-48(3)4/h48-50H,6-47H2,1-5H3/t49?,50-/m1/s1. The first-order valence-corrected chi connectivity index (χ1v) is 26.3. The number of carbonyl (C=O) groups excluding carboxylic acids is 3. The Morgan fingerprint density at radius 3 is 0.966 bits per heavy atom. The van der Waals surface area contributed by atoms with Crippen molar-refractivity contribution in [2.45, 2.75) is 298 Å². The normalized spacial score (nSPS) is 12.5. The molecule has 0 saturated carbocycles. The van der Waals surface area contributed by atoms with E-state index in [2.05, 4.69) is 34.6 Å². The molecule has 0 radical (unpaired) electrons. The minimum atomic E-state index is -0.762. The lowest BCUT2D eigenvalue weighted by atomic mass is 9.99. The Balaban J connectivity index is 4.31. The summed E-state index contributed by atoms with van der Waals surface area (Å²) in [4.78, 5) is 38.0. The van der Waals surface area contributed by atoms with Crippen LogP contribution < -0.4 is 0 Å². The van der Waals surface area contributed by atoms with Crippen LogP contribution in [-0.4, -0.2) is 37.2 Å². The molecule has 0 aliphatic heterocycles. The zero-order valence-corrected chi connectivity index (χ0v) is 40.4. The third kappa shape index (κ3) is 45.8. The van der Waals surface area contributed by atoms with Crippen LogP contribution in [0.4, 0.5) is 0 Å². The van der Waals surface area contributed by atoms with E-state index in [1.807, 2.05) is 0 Å². The predicted molar refractivity (Wildman–Crippen MR) is 252 cm³/mol. The third-order valence-corrected chi connectivity index (χ3v) is 12.3. The fourth-order valence-electron chi connectivity index (χ4n) is 7.96. The second kappa shape index (κ2) is 45.9. The number of esters is 3. The van der Waals surface area contributed by atoms with Crippen LogP contribution in [0.5, 0.6) is 0 Å². The molecule has 2 atom stereocenters. The average Bonchev–Trinajstić information content (AvgIpc) is 3.22. The number of hydrogen-bond acceptors (Lipinski definition) is 6. The summed E-state index contributed by atoms with van der Waals surface area (Å²) in [7, 11) is 0. The SMILES string of the molecule is CCCCCCCCCCCCCCCCCC(=O)OC[C@H](COC(=O)CCCCCCCCCCCCCC(C)C)OC(=O)CCCCCCCCCCC(C)CC. The Morgan fingerprint density at radius 2 is 0.644 bits per heavy atom. The molecule has 1 unspecified atom stereocenters. The molecule has 0 aliphatic carbocycles. The van der Waals surface area contributed by atoms with Crippen LogP contribution in [0, 0.1) is 11.8 Å². The van der Waals surface area contributed by atoms with E-state index < -0.39 is 6.10 Å². The molecule has 0 rings (SSSR count). The van der Waals surface area contributed by atoms with Gasteiger partial charge in [0.15, 0.2) is 6.10 Å². The predicted octanol–water partition coefficient (Wildman–Crippen LogP) is 16.9. The van der Waals surface area contributed by atoms with Gasteiger partial charge < -0.3 is 14.2 Å². The topological polar surface area (TPSA) is 78.9 Å². The lowest BCUT2D eigenvalue weighted by Crippen LogP contribution is -2.30. The maximum Gasteiger partial charge on any atom is 0.306 e. The highest BCUT2D eigenvalue weighted by atomic mass is 16.6.